The molecule has 0 heterocycles. The van der Waals surface area contributed by atoms with Crippen molar-refractivity contribution in [1.82, 2.24) is 0 Å². The summed E-state index contributed by atoms with van der Waals surface area (Å²) in [6.07, 6.45) is -0.118. The topological polar surface area (TPSA) is 55.5 Å². The van der Waals surface area contributed by atoms with Crippen LogP contribution in [0.1, 0.15) is 28.4 Å². The van der Waals surface area contributed by atoms with Gasteiger partial charge >= 0.3 is 0 Å². The Labute approximate surface area is 97.2 Å². The molecule has 0 spiro atoms. The summed E-state index contributed by atoms with van der Waals surface area (Å²) in [7, 11) is 0. The van der Waals surface area contributed by atoms with E-state index in [1.165, 1.54) is 16.7 Å². The quantitative estimate of drug-likeness (QED) is 0.797. The fraction of sp³-hybridized carbons (Fsp3) is 0.538. The van der Waals surface area contributed by atoms with E-state index >= 15 is 0 Å². The van der Waals surface area contributed by atoms with Gasteiger partial charge in [-0.1, -0.05) is 17.7 Å². The molecule has 3 N–H and O–H groups in total. The van der Waals surface area contributed by atoms with Gasteiger partial charge in [0.2, 0.25) is 0 Å². The first-order chi connectivity index (χ1) is 7.60. The predicted octanol–water partition coefficient (Wildman–Crippen LogP) is 1.62. The Bertz CT molecular complexity index is 327. The molecular formula is C13H21NO2. The Morgan fingerprint density at radius 1 is 1.25 bits per heavy atom. The van der Waals surface area contributed by atoms with E-state index in [1.54, 1.807) is 0 Å². The first kappa shape index (κ1) is 13.2. The average molecular weight is 223 g/mol. The third kappa shape index (κ3) is 3.04. The molecule has 0 aliphatic carbocycles. The zero-order chi connectivity index (χ0) is 12.1. The Kier molecular flexibility index (Phi) is 4.93. The molecule has 90 valence electrons. The second kappa shape index (κ2) is 5.99. The van der Waals surface area contributed by atoms with E-state index in [9.17, 15) is 0 Å². The number of ether oxygens (including phenoxy) is 1. The molecule has 3 nitrogen and oxygen atoms in total. The first-order valence-corrected chi connectivity index (χ1v) is 5.60. The minimum absolute atomic E-state index is 0.0282. The number of rotatable bonds is 5. The maximum absolute atomic E-state index is 8.77. The highest BCUT2D eigenvalue weighted by atomic mass is 16.5. The molecule has 0 amide bonds. The van der Waals surface area contributed by atoms with E-state index in [-0.39, 0.29) is 12.7 Å². The number of hydrogen-bond acceptors (Lipinski definition) is 3. The van der Waals surface area contributed by atoms with Crippen LogP contribution >= 0.6 is 0 Å². The van der Waals surface area contributed by atoms with E-state index in [4.69, 9.17) is 15.6 Å². The van der Waals surface area contributed by atoms with Crippen LogP contribution < -0.4 is 5.73 Å². The van der Waals surface area contributed by atoms with Crippen LogP contribution in [0.4, 0.5) is 0 Å². The van der Waals surface area contributed by atoms with Crippen LogP contribution in [0.3, 0.4) is 0 Å². The number of benzene rings is 1. The summed E-state index contributed by atoms with van der Waals surface area (Å²) >= 11 is 0. The van der Waals surface area contributed by atoms with E-state index in [0.717, 1.165) is 5.56 Å². The van der Waals surface area contributed by atoms with E-state index in [0.29, 0.717) is 13.2 Å². The summed E-state index contributed by atoms with van der Waals surface area (Å²) in [6.45, 7) is 7.01. The van der Waals surface area contributed by atoms with E-state index in [1.807, 2.05) is 0 Å². The average Bonchev–Trinajstić information content (AvgIpc) is 2.21. The molecular weight excluding hydrogens is 202 g/mol. The number of nitrogens with two attached hydrogens (primary N) is 1. The van der Waals surface area contributed by atoms with Gasteiger partial charge in [0.1, 0.15) is 0 Å². The van der Waals surface area contributed by atoms with Gasteiger partial charge in [0.05, 0.1) is 19.3 Å². The van der Waals surface area contributed by atoms with Crippen molar-refractivity contribution < 1.29 is 9.84 Å². The van der Waals surface area contributed by atoms with Gasteiger partial charge in [-0.25, -0.2) is 0 Å². The summed E-state index contributed by atoms with van der Waals surface area (Å²) in [6, 6.07) is 4.26. The van der Waals surface area contributed by atoms with Gasteiger partial charge in [-0.05, 0) is 37.5 Å². The van der Waals surface area contributed by atoms with Gasteiger partial charge in [-0.15, -0.1) is 0 Å². The highest BCUT2D eigenvalue weighted by Gasteiger charge is 2.15. The van der Waals surface area contributed by atoms with Gasteiger partial charge in [-0.3, -0.25) is 0 Å². The van der Waals surface area contributed by atoms with Crippen LogP contribution in [0.2, 0.25) is 0 Å². The molecule has 16 heavy (non-hydrogen) atoms. The SMILES string of the molecule is Cc1cc(C)c(C(CN)OCCO)c(C)c1. The Morgan fingerprint density at radius 3 is 2.25 bits per heavy atom. The summed E-state index contributed by atoms with van der Waals surface area (Å²) in [5, 5.41) is 8.77. The largest absolute Gasteiger partial charge is 0.394 e. The molecule has 3 heteroatoms. The van der Waals surface area contributed by atoms with Gasteiger partial charge in [0.15, 0.2) is 0 Å². The highest BCUT2D eigenvalue weighted by Crippen LogP contribution is 2.25. The predicted molar refractivity (Wildman–Crippen MR) is 65.5 cm³/mol. The third-order valence-electron chi connectivity index (χ3n) is 2.68. The van der Waals surface area contributed by atoms with Gasteiger partial charge in [-0.2, -0.15) is 0 Å². The second-order valence-electron chi connectivity index (χ2n) is 4.13. The van der Waals surface area contributed by atoms with Gasteiger partial charge in [0.25, 0.3) is 0 Å². The standard InChI is InChI=1S/C13H21NO2/c1-9-6-10(2)13(11(3)7-9)12(8-14)16-5-4-15/h6-7,12,15H,4-5,8,14H2,1-3H3. The van der Waals surface area contributed by atoms with Crippen LogP contribution in [0.25, 0.3) is 0 Å². The monoisotopic (exact) mass is 223 g/mol. The van der Waals surface area contributed by atoms with Crippen LogP contribution in [-0.2, 0) is 4.74 Å². The zero-order valence-electron chi connectivity index (χ0n) is 10.3. The van der Waals surface area contributed by atoms with Crippen molar-refractivity contribution in [2.75, 3.05) is 19.8 Å². The van der Waals surface area contributed by atoms with E-state index < -0.39 is 0 Å². The molecule has 0 aromatic heterocycles. The molecule has 1 aromatic carbocycles. The summed E-state index contributed by atoms with van der Waals surface area (Å²) in [5.74, 6) is 0. The van der Waals surface area contributed by atoms with Crippen LogP contribution in [0.15, 0.2) is 12.1 Å². The van der Waals surface area contributed by atoms with Crippen molar-refractivity contribution in [3.63, 3.8) is 0 Å². The molecule has 0 aliphatic heterocycles. The number of aryl methyl sites for hydroxylation is 3. The molecule has 1 unspecified atom stereocenters. The number of aliphatic hydroxyl groups excluding tert-OH is 1. The van der Waals surface area contributed by atoms with Crippen LogP contribution in [-0.4, -0.2) is 24.9 Å². The van der Waals surface area contributed by atoms with Gasteiger partial charge in [0, 0.05) is 6.54 Å². The maximum Gasteiger partial charge on any atom is 0.0953 e. The Morgan fingerprint density at radius 2 is 1.81 bits per heavy atom. The van der Waals surface area contributed by atoms with Crippen LogP contribution in [0.5, 0.6) is 0 Å². The Hall–Kier alpha value is -0.900. The molecule has 0 fully saturated rings. The van der Waals surface area contributed by atoms with Crippen molar-refractivity contribution in [2.24, 2.45) is 5.73 Å². The number of hydrogen-bond donors (Lipinski definition) is 2. The summed E-state index contributed by atoms with van der Waals surface area (Å²) < 4.78 is 5.55. The third-order valence-corrected chi connectivity index (χ3v) is 2.68. The first-order valence-electron chi connectivity index (χ1n) is 5.60. The molecule has 0 bridgehead atoms. The normalized spacial score (nSPS) is 12.8. The van der Waals surface area contributed by atoms with Crippen molar-refractivity contribution in [3.8, 4) is 0 Å². The lowest BCUT2D eigenvalue weighted by Crippen LogP contribution is -2.19. The summed E-state index contributed by atoms with van der Waals surface area (Å²) in [4.78, 5) is 0. The molecule has 0 saturated carbocycles. The molecule has 1 atom stereocenters. The minimum atomic E-state index is -0.118. The van der Waals surface area contributed by atoms with Gasteiger partial charge < -0.3 is 15.6 Å². The Balaban J connectivity index is 2.99. The molecule has 0 saturated heterocycles. The lowest BCUT2D eigenvalue weighted by molar-refractivity contribution is 0.0322. The van der Waals surface area contributed by atoms with Crippen molar-refractivity contribution in [3.05, 3.63) is 34.4 Å². The lowest BCUT2D eigenvalue weighted by Gasteiger charge is -2.21. The van der Waals surface area contributed by atoms with Crippen molar-refractivity contribution in [2.45, 2.75) is 26.9 Å². The van der Waals surface area contributed by atoms with E-state index in [2.05, 4.69) is 32.9 Å². The molecule has 0 radical (unpaired) electrons. The maximum atomic E-state index is 8.77. The van der Waals surface area contributed by atoms with Crippen molar-refractivity contribution in [1.29, 1.82) is 0 Å². The van der Waals surface area contributed by atoms with Crippen molar-refractivity contribution >= 4 is 0 Å². The lowest BCUT2D eigenvalue weighted by atomic mass is 9.95. The zero-order valence-corrected chi connectivity index (χ0v) is 10.3. The smallest absolute Gasteiger partial charge is 0.0953 e. The molecule has 1 aromatic rings. The fourth-order valence-corrected chi connectivity index (χ4v) is 2.16. The number of aliphatic hydroxyl groups is 1. The molecule has 0 aliphatic rings. The highest BCUT2D eigenvalue weighted by molar-refractivity contribution is 5.39. The summed E-state index contributed by atoms with van der Waals surface area (Å²) in [5.41, 5.74) is 10.5. The fourth-order valence-electron chi connectivity index (χ4n) is 2.16. The molecule has 1 rings (SSSR count). The minimum Gasteiger partial charge on any atom is -0.394 e. The second-order valence-corrected chi connectivity index (χ2v) is 4.13. The van der Waals surface area contributed by atoms with Crippen LogP contribution in [0, 0.1) is 20.8 Å².